The largest absolute Gasteiger partial charge is 0.361 e. The number of aryl methyl sites for hydroxylation is 1. The number of aromatic nitrogens is 1. The van der Waals surface area contributed by atoms with Crippen LogP contribution in [0.3, 0.4) is 0 Å². The SMILES string of the molecule is CCNC(=O)C1(C)CCCN1C(=O)c1cc(C)on1. The fourth-order valence-corrected chi connectivity index (χ4v) is 2.48. The van der Waals surface area contributed by atoms with Crippen LogP contribution in [0.5, 0.6) is 0 Å². The number of hydrogen-bond acceptors (Lipinski definition) is 4. The summed E-state index contributed by atoms with van der Waals surface area (Å²) in [7, 11) is 0. The Balaban J connectivity index is 2.23. The van der Waals surface area contributed by atoms with Crippen molar-refractivity contribution in [1.29, 1.82) is 0 Å². The lowest BCUT2D eigenvalue weighted by Gasteiger charge is -2.33. The van der Waals surface area contributed by atoms with E-state index in [0.29, 0.717) is 25.3 Å². The van der Waals surface area contributed by atoms with E-state index in [0.717, 1.165) is 6.42 Å². The Morgan fingerprint density at radius 2 is 2.32 bits per heavy atom. The monoisotopic (exact) mass is 265 g/mol. The summed E-state index contributed by atoms with van der Waals surface area (Å²) in [5.41, 5.74) is -0.533. The Labute approximate surface area is 112 Å². The van der Waals surface area contributed by atoms with Gasteiger partial charge in [0.05, 0.1) is 0 Å². The number of amides is 2. The van der Waals surface area contributed by atoms with Crippen molar-refractivity contribution in [1.82, 2.24) is 15.4 Å². The Morgan fingerprint density at radius 1 is 1.58 bits per heavy atom. The average Bonchev–Trinajstić information content (AvgIpc) is 2.96. The van der Waals surface area contributed by atoms with Crippen LogP contribution in [0.2, 0.25) is 0 Å². The van der Waals surface area contributed by atoms with Crippen molar-refractivity contribution >= 4 is 11.8 Å². The molecular weight excluding hydrogens is 246 g/mol. The van der Waals surface area contributed by atoms with Gasteiger partial charge in [-0.25, -0.2) is 0 Å². The van der Waals surface area contributed by atoms with Gasteiger partial charge in [-0.05, 0) is 33.6 Å². The normalized spacial score (nSPS) is 22.6. The summed E-state index contributed by atoms with van der Waals surface area (Å²) in [6.45, 7) is 6.52. The average molecular weight is 265 g/mol. The van der Waals surface area contributed by atoms with E-state index < -0.39 is 5.54 Å². The zero-order chi connectivity index (χ0) is 14.0. The van der Waals surface area contributed by atoms with Crippen LogP contribution in [0.25, 0.3) is 0 Å². The molecule has 2 amide bonds. The number of carbonyl (C=O) groups is 2. The van der Waals surface area contributed by atoms with Crippen molar-refractivity contribution in [3.8, 4) is 0 Å². The molecule has 0 bridgehead atoms. The first kappa shape index (κ1) is 13.6. The van der Waals surface area contributed by atoms with Crippen molar-refractivity contribution in [3.63, 3.8) is 0 Å². The van der Waals surface area contributed by atoms with E-state index in [-0.39, 0.29) is 17.5 Å². The number of carbonyl (C=O) groups excluding carboxylic acids is 2. The van der Waals surface area contributed by atoms with E-state index >= 15 is 0 Å². The van der Waals surface area contributed by atoms with Gasteiger partial charge in [-0.3, -0.25) is 9.59 Å². The summed E-state index contributed by atoms with van der Waals surface area (Å²) in [6, 6.07) is 1.60. The van der Waals surface area contributed by atoms with Crippen molar-refractivity contribution in [2.24, 2.45) is 0 Å². The quantitative estimate of drug-likeness (QED) is 0.888. The molecule has 104 valence electrons. The Morgan fingerprint density at radius 3 is 2.89 bits per heavy atom. The van der Waals surface area contributed by atoms with E-state index in [1.165, 1.54) is 0 Å². The van der Waals surface area contributed by atoms with E-state index in [1.807, 2.05) is 6.92 Å². The Hall–Kier alpha value is -1.85. The molecule has 1 saturated heterocycles. The lowest BCUT2D eigenvalue weighted by molar-refractivity contribution is -0.129. The molecule has 0 saturated carbocycles. The van der Waals surface area contributed by atoms with E-state index in [4.69, 9.17) is 4.52 Å². The third-order valence-corrected chi connectivity index (χ3v) is 3.56. The zero-order valence-corrected chi connectivity index (χ0v) is 11.5. The van der Waals surface area contributed by atoms with Gasteiger partial charge in [-0.2, -0.15) is 0 Å². The number of rotatable bonds is 3. The third-order valence-electron chi connectivity index (χ3n) is 3.56. The second-order valence-electron chi connectivity index (χ2n) is 5.02. The molecule has 1 aliphatic rings. The Bertz CT molecular complexity index is 497. The molecule has 0 radical (unpaired) electrons. The van der Waals surface area contributed by atoms with Crippen LogP contribution in [0, 0.1) is 6.92 Å². The predicted octanol–water partition coefficient (Wildman–Crippen LogP) is 1.11. The van der Waals surface area contributed by atoms with Crippen molar-refractivity contribution < 1.29 is 14.1 Å². The molecule has 2 rings (SSSR count). The zero-order valence-electron chi connectivity index (χ0n) is 11.5. The van der Waals surface area contributed by atoms with Crippen LogP contribution in [0.15, 0.2) is 10.6 Å². The molecule has 2 heterocycles. The van der Waals surface area contributed by atoms with Crippen molar-refractivity contribution in [3.05, 3.63) is 17.5 Å². The van der Waals surface area contributed by atoms with Gasteiger partial charge in [0.25, 0.3) is 5.91 Å². The lowest BCUT2D eigenvalue weighted by Crippen LogP contribution is -2.55. The van der Waals surface area contributed by atoms with E-state index in [1.54, 1.807) is 24.8 Å². The van der Waals surface area contributed by atoms with Gasteiger partial charge in [0.1, 0.15) is 11.3 Å². The molecule has 1 aromatic rings. The van der Waals surface area contributed by atoms with E-state index in [9.17, 15) is 9.59 Å². The smallest absolute Gasteiger partial charge is 0.276 e. The molecule has 1 unspecified atom stereocenters. The van der Waals surface area contributed by atoms with Crippen LogP contribution in [-0.2, 0) is 4.79 Å². The number of hydrogen-bond donors (Lipinski definition) is 1. The highest BCUT2D eigenvalue weighted by atomic mass is 16.5. The Kier molecular flexibility index (Phi) is 3.59. The standard InChI is InChI=1S/C13H19N3O3/c1-4-14-12(18)13(3)6-5-7-16(13)11(17)10-8-9(2)19-15-10/h8H,4-7H2,1-3H3,(H,14,18). The number of nitrogens with zero attached hydrogens (tertiary/aromatic N) is 2. The van der Waals surface area contributed by atoms with Crippen LogP contribution in [0.1, 0.15) is 42.9 Å². The van der Waals surface area contributed by atoms with Crippen LogP contribution in [-0.4, -0.2) is 40.5 Å². The minimum atomic E-state index is -0.792. The van der Waals surface area contributed by atoms with Crippen LogP contribution >= 0.6 is 0 Å². The molecule has 1 fully saturated rings. The van der Waals surface area contributed by atoms with Gasteiger partial charge >= 0.3 is 0 Å². The first-order chi connectivity index (χ1) is 8.99. The summed E-state index contributed by atoms with van der Waals surface area (Å²) in [6.07, 6.45) is 1.48. The van der Waals surface area contributed by atoms with Gasteiger partial charge in [0.15, 0.2) is 5.69 Å². The molecule has 0 aromatic carbocycles. The first-order valence-corrected chi connectivity index (χ1v) is 6.52. The van der Waals surface area contributed by atoms with Gasteiger partial charge in [-0.15, -0.1) is 0 Å². The van der Waals surface area contributed by atoms with Gasteiger partial charge < -0.3 is 14.7 Å². The fourth-order valence-electron chi connectivity index (χ4n) is 2.48. The molecule has 1 aromatic heterocycles. The van der Waals surface area contributed by atoms with Gasteiger partial charge in [0, 0.05) is 19.2 Å². The molecule has 0 spiro atoms. The second-order valence-corrected chi connectivity index (χ2v) is 5.02. The van der Waals surface area contributed by atoms with Crippen molar-refractivity contribution in [2.45, 2.75) is 39.2 Å². The van der Waals surface area contributed by atoms with Crippen LogP contribution < -0.4 is 5.32 Å². The highest BCUT2D eigenvalue weighted by Crippen LogP contribution is 2.30. The minimum Gasteiger partial charge on any atom is -0.361 e. The number of nitrogens with one attached hydrogen (secondary N) is 1. The molecule has 1 N–H and O–H groups in total. The third kappa shape index (κ3) is 2.34. The maximum atomic E-state index is 12.4. The molecule has 19 heavy (non-hydrogen) atoms. The lowest BCUT2D eigenvalue weighted by atomic mass is 9.97. The molecule has 1 atom stereocenters. The van der Waals surface area contributed by atoms with Crippen LogP contribution in [0.4, 0.5) is 0 Å². The summed E-state index contributed by atoms with van der Waals surface area (Å²) < 4.78 is 4.92. The molecule has 1 aliphatic heterocycles. The summed E-state index contributed by atoms with van der Waals surface area (Å²) in [5.74, 6) is 0.228. The molecular formula is C13H19N3O3. The van der Waals surface area contributed by atoms with E-state index in [2.05, 4.69) is 10.5 Å². The van der Waals surface area contributed by atoms with Crippen molar-refractivity contribution in [2.75, 3.05) is 13.1 Å². The maximum absolute atomic E-state index is 12.4. The molecule has 0 aliphatic carbocycles. The number of likely N-dealkylation sites (N-methyl/N-ethyl adjacent to an activating group) is 1. The minimum absolute atomic E-state index is 0.110. The highest BCUT2D eigenvalue weighted by molar-refractivity contribution is 5.98. The summed E-state index contributed by atoms with van der Waals surface area (Å²) in [4.78, 5) is 26.2. The highest BCUT2D eigenvalue weighted by Gasteiger charge is 2.46. The topological polar surface area (TPSA) is 75.4 Å². The molecule has 6 heteroatoms. The summed E-state index contributed by atoms with van der Waals surface area (Å²) in [5, 5.41) is 6.53. The maximum Gasteiger partial charge on any atom is 0.276 e. The predicted molar refractivity (Wildman–Crippen MR) is 68.6 cm³/mol. The number of likely N-dealkylation sites (tertiary alicyclic amines) is 1. The first-order valence-electron chi connectivity index (χ1n) is 6.52. The summed E-state index contributed by atoms with van der Waals surface area (Å²) >= 11 is 0. The van der Waals surface area contributed by atoms with Gasteiger partial charge in [0.2, 0.25) is 5.91 Å². The second kappa shape index (κ2) is 5.03. The molecule has 6 nitrogen and oxygen atoms in total. The van der Waals surface area contributed by atoms with Gasteiger partial charge in [-0.1, -0.05) is 5.16 Å². The fraction of sp³-hybridized carbons (Fsp3) is 0.615.